The number of nitrogen functional groups attached to an aromatic ring is 1. The fourth-order valence-electron chi connectivity index (χ4n) is 1.25. The van der Waals surface area contributed by atoms with E-state index < -0.39 is 17.0 Å². The van der Waals surface area contributed by atoms with E-state index in [1.807, 2.05) is 6.07 Å². The van der Waals surface area contributed by atoms with Gasteiger partial charge in [0.15, 0.2) is 0 Å². The van der Waals surface area contributed by atoms with Gasteiger partial charge in [-0.2, -0.15) is 5.26 Å². The van der Waals surface area contributed by atoms with Gasteiger partial charge < -0.3 is 5.73 Å². The average molecular weight is 196 g/mol. The number of nitrogens with two attached hydrogens (primary N) is 1. The van der Waals surface area contributed by atoms with Crippen molar-refractivity contribution in [3.8, 4) is 6.07 Å². The zero-order valence-corrected chi connectivity index (χ0v) is 7.94. The summed E-state index contributed by atoms with van der Waals surface area (Å²) in [6.45, 7) is 2.90. The molecule has 2 nitrogen and oxygen atoms in total. The molecule has 4 heteroatoms. The summed E-state index contributed by atoms with van der Waals surface area (Å²) in [4.78, 5) is 0. The first-order valence-corrected chi connectivity index (χ1v) is 4.04. The molecule has 0 spiro atoms. The topological polar surface area (TPSA) is 49.8 Å². The van der Waals surface area contributed by atoms with E-state index in [0.717, 1.165) is 12.1 Å². The predicted octanol–water partition coefficient (Wildman–Crippen LogP) is 2.35. The summed E-state index contributed by atoms with van der Waals surface area (Å²) in [5.74, 6) is -1.57. The van der Waals surface area contributed by atoms with Gasteiger partial charge in [0.25, 0.3) is 0 Å². The molecule has 1 aromatic rings. The summed E-state index contributed by atoms with van der Waals surface area (Å²) in [6.07, 6.45) is 0. The van der Waals surface area contributed by atoms with Crippen LogP contribution in [-0.2, 0) is 5.41 Å². The van der Waals surface area contributed by atoms with E-state index in [2.05, 4.69) is 0 Å². The fourth-order valence-corrected chi connectivity index (χ4v) is 1.25. The van der Waals surface area contributed by atoms with Crippen LogP contribution in [0.4, 0.5) is 14.5 Å². The lowest BCUT2D eigenvalue weighted by molar-refractivity contribution is 0.510. The van der Waals surface area contributed by atoms with Gasteiger partial charge >= 0.3 is 0 Å². The van der Waals surface area contributed by atoms with Gasteiger partial charge in [-0.25, -0.2) is 8.78 Å². The molecule has 74 valence electrons. The Labute approximate surface area is 81.0 Å². The summed E-state index contributed by atoms with van der Waals surface area (Å²) in [5.41, 5.74) is 3.83. The van der Waals surface area contributed by atoms with Crippen molar-refractivity contribution in [1.82, 2.24) is 0 Å². The average Bonchev–Trinajstić information content (AvgIpc) is 2.01. The molecular formula is C10H10F2N2. The summed E-state index contributed by atoms with van der Waals surface area (Å²) < 4.78 is 26.6. The number of benzene rings is 1. The summed E-state index contributed by atoms with van der Waals surface area (Å²) in [6, 6.07) is 3.86. The van der Waals surface area contributed by atoms with Crippen molar-refractivity contribution < 1.29 is 8.78 Å². The molecule has 0 aliphatic rings. The summed E-state index contributed by atoms with van der Waals surface area (Å²) >= 11 is 0. The molecule has 14 heavy (non-hydrogen) atoms. The number of nitriles is 1. The molecule has 0 fully saturated rings. The van der Waals surface area contributed by atoms with Crippen LogP contribution < -0.4 is 5.73 Å². The lowest BCUT2D eigenvalue weighted by atomic mass is 9.85. The van der Waals surface area contributed by atoms with Crippen LogP contribution in [0, 0.1) is 23.0 Å². The number of halogens is 2. The molecule has 0 unspecified atom stereocenters. The van der Waals surface area contributed by atoms with Crippen molar-refractivity contribution in [2.45, 2.75) is 19.3 Å². The third-order valence-corrected chi connectivity index (χ3v) is 1.97. The highest BCUT2D eigenvalue weighted by Crippen LogP contribution is 2.29. The van der Waals surface area contributed by atoms with Crippen LogP contribution >= 0.6 is 0 Å². The first-order valence-electron chi connectivity index (χ1n) is 4.04. The zero-order chi connectivity index (χ0) is 10.9. The molecule has 1 rings (SSSR count). The second-order valence-corrected chi connectivity index (χ2v) is 3.60. The lowest BCUT2D eigenvalue weighted by Crippen LogP contribution is -2.18. The molecule has 0 saturated heterocycles. The maximum atomic E-state index is 13.3. The Balaban J connectivity index is 3.44. The van der Waals surface area contributed by atoms with E-state index in [4.69, 9.17) is 11.0 Å². The largest absolute Gasteiger partial charge is 0.399 e. The molecule has 2 N–H and O–H groups in total. The van der Waals surface area contributed by atoms with E-state index >= 15 is 0 Å². The van der Waals surface area contributed by atoms with Crippen LogP contribution in [0.2, 0.25) is 0 Å². The SMILES string of the molecule is CC(C)(C#N)c1c(F)cc(N)cc1F. The van der Waals surface area contributed by atoms with Gasteiger partial charge in [0.1, 0.15) is 11.6 Å². The first kappa shape index (κ1) is 10.5. The van der Waals surface area contributed by atoms with Gasteiger partial charge in [0, 0.05) is 11.3 Å². The third-order valence-electron chi connectivity index (χ3n) is 1.97. The second-order valence-electron chi connectivity index (χ2n) is 3.60. The Morgan fingerprint density at radius 2 is 1.71 bits per heavy atom. The predicted molar refractivity (Wildman–Crippen MR) is 49.4 cm³/mol. The Hall–Kier alpha value is -1.63. The fraction of sp³-hybridized carbons (Fsp3) is 0.300. The monoisotopic (exact) mass is 196 g/mol. The molecule has 1 aromatic carbocycles. The van der Waals surface area contributed by atoms with Crippen LogP contribution in [0.1, 0.15) is 19.4 Å². The molecule has 0 atom stereocenters. The standard InChI is InChI=1S/C10H10F2N2/c1-10(2,5-13)9-7(11)3-6(14)4-8(9)12/h3-4H,14H2,1-2H3. The highest BCUT2D eigenvalue weighted by Gasteiger charge is 2.27. The molecule has 0 amide bonds. The molecule has 0 aliphatic carbocycles. The summed E-state index contributed by atoms with van der Waals surface area (Å²) in [5, 5.41) is 8.75. The van der Waals surface area contributed by atoms with Crippen molar-refractivity contribution in [2.24, 2.45) is 0 Å². The molecular weight excluding hydrogens is 186 g/mol. The van der Waals surface area contributed by atoms with Crippen molar-refractivity contribution in [3.05, 3.63) is 29.3 Å². The van der Waals surface area contributed by atoms with Gasteiger partial charge in [-0.05, 0) is 26.0 Å². The van der Waals surface area contributed by atoms with Crippen molar-refractivity contribution in [1.29, 1.82) is 5.26 Å². The molecule has 0 saturated carbocycles. The third kappa shape index (κ3) is 1.67. The van der Waals surface area contributed by atoms with Crippen molar-refractivity contribution in [2.75, 3.05) is 5.73 Å². The first-order chi connectivity index (χ1) is 6.38. The van der Waals surface area contributed by atoms with E-state index in [9.17, 15) is 8.78 Å². The quantitative estimate of drug-likeness (QED) is 0.701. The maximum absolute atomic E-state index is 13.3. The van der Waals surface area contributed by atoms with E-state index in [0.29, 0.717) is 0 Å². The van der Waals surface area contributed by atoms with Crippen LogP contribution in [0.15, 0.2) is 12.1 Å². The number of hydrogen-bond donors (Lipinski definition) is 1. The highest BCUT2D eigenvalue weighted by atomic mass is 19.1. The van der Waals surface area contributed by atoms with Crippen LogP contribution in [0.25, 0.3) is 0 Å². The Bertz CT molecular complexity index is 382. The van der Waals surface area contributed by atoms with Gasteiger partial charge in [0.05, 0.1) is 11.5 Å². The molecule has 0 heterocycles. The molecule has 0 aromatic heterocycles. The second kappa shape index (κ2) is 3.26. The van der Waals surface area contributed by atoms with Gasteiger partial charge in [-0.3, -0.25) is 0 Å². The molecule has 0 aliphatic heterocycles. The van der Waals surface area contributed by atoms with Gasteiger partial charge in [0.2, 0.25) is 0 Å². The minimum Gasteiger partial charge on any atom is -0.399 e. The highest BCUT2D eigenvalue weighted by molar-refractivity contribution is 5.45. The van der Waals surface area contributed by atoms with Gasteiger partial charge in [-0.15, -0.1) is 0 Å². The van der Waals surface area contributed by atoms with Gasteiger partial charge in [-0.1, -0.05) is 0 Å². The van der Waals surface area contributed by atoms with Crippen LogP contribution in [0.3, 0.4) is 0 Å². The van der Waals surface area contributed by atoms with Crippen LogP contribution in [0.5, 0.6) is 0 Å². The Morgan fingerprint density at radius 3 is 2.07 bits per heavy atom. The Morgan fingerprint density at radius 1 is 1.29 bits per heavy atom. The van der Waals surface area contributed by atoms with Crippen molar-refractivity contribution in [3.63, 3.8) is 0 Å². The van der Waals surface area contributed by atoms with E-state index in [-0.39, 0.29) is 11.3 Å². The number of nitrogens with zero attached hydrogens (tertiary/aromatic N) is 1. The van der Waals surface area contributed by atoms with Crippen molar-refractivity contribution >= 4 is 5.69 Å². The van der Waals surface area contributed by atoms with E-state index in [1.54, 1.807) is 0 Å². The Kier molecular flexibility index (Phi) is 2.43. The van der Waals surface area contributed by atoms with Crippen LogP contribution in [-0.4, -0.2) is 0 Å². The smallest absolute Gasteiger partial charge is 0.132 e. The maximum Gasteiger partial charge on any atom is 0.132 e. The number of rotatable bonds is 1. The molecule has 0 radical (unpaired) electrons. The normalized spacial score (nSPS) is 11.1. The minimum atomic E-state index is -1.19. The minimum absolute atomic E-state index is 0.0116. The van der Waals surface area contributed by atoms with E-state index in [1.165, 1.54) is 13.8 Å². The summed E-state index contributed by atoms with van der Waals surface area (Å²) in [7, 11) is 0. The molecule has 0 bridgehead atoms. The zero-order valence-electron chi connectivity index (χ0n) is 7.94. The number of anilines is 1. The lowest BCUT2D eigenvalue weighted by Gasteiger charge is -2.17. The number of hydrogen-bond acceptors (Lipinski definition) is 2.